The lowest BCUT2D eigenvalue weighted by molar-refractivity contribution is -0.132. The summed E-state index contributed by atoms with van der Waals surface area (Å²) in [5.74, 6) is 1.10. The van der Waals surface area contributed by atoms with Crippen molar-refractivity contribution in [2.75, 3.05) is 46.9 Å². The third kappa shape index (κ3) is 4.89. The Hall–Kier alpha value is -2.80. The van der Waals surface area contributed by atoms with Crippen LogP contribution in [0.5, 0.6) is 5.75 Å². The minimum atomic E-state index is -0.0962. The molecule has 2 amide bonds. The fourth-order valence-corrected chi connectivity index (χ4v) is 3.11. The van der Waals surface area contributed by atoms with Crippen molar-refractivity contribution < 1.29 is 18.7 Å². The molecule has 0 saturated carbocycles. The van der Waals surface area contributed by atoms with Gasteiger partial charge in [-0.1, -0.05) is 12.1 Å². The molecular weight excluding hydrogens is 346 g/mol. The first-order valence-electron chi connectivity index (χ1n) is 8.99. The maximum absolute atomic E-state index is 12.5. The highest BCUT2D eigenvalue weighted by molar-refractivity contribution is 5.91. The number of nitrogens with zero attached hydrogens (tertiary/aromatic N) is 3. The third-order valence-corrected chi connectivity index (χ3v) is 4.73. The number of hydrogen-bond donors (Lipinski definition) is 0. The Kier molecular flexibility index (Phi) is 6.13. The first kappa shape index (κ1) is 19.0. The largest absolute Gasteiger partial charge is 0.497 e. The van der Waals surface area contributed by atoms with Gasteiger partial charge in [0.15, 0.2) is 5.76 Å². The number of ether oxygens (including phenoxy) is 1. The number of amides is 2. The van der Waals surface area contributed by atoms with E-state index >= 15 is 0 Å². The second-order valence-corrected chi connectivity index (χ2v) is 6.65. The van der Waals surface area contributed by atoms with Gasteiger partial charge in [-0.25, -0.2) is 0 Å². The molecule has 1 aliphatic heterocycles. The average molecular weight is 371 g/mol. The molecule has 27 heavy (non-hydrogen) atoms. The van der Waals surface area contributed by atoms with Crippen LogP contribution < -0.4 is 4.74 Å². The predicted molar refractivity (Wildman–Crippen MR) is 101 cm³/mol. The van der Waals surface area contributed by atoms with Crippen LogP contribution in [-0.4, -0.2) is 73.4 Å². The number of likely N-dealkylation sites (N-methyl/N-ethyl adjacent to an activating group) is 1. The minimum Gasteiger partial charge on any atom is -0.497 e. The van der Waals surface area contributed by atoms with E-state index < -0.39 is 0 Å². The van der Waals surface area contributed by atoms with E-state index in [0.717, 1.165) is 11.3 Å². The molecule has 7 nitrogen and oxygen atoms in total. The number of methoxy groups -OCH3 is 1. The van der Waals surface area contributed by atoms with Crippen LogP contribution in [0.4, 0.5) is 0 Å². The van der Waals surface area contributed by atoms with Crippen LogP contribution in [-0.2, 0) is 11.3 Å². The van der Waals surface area contributed by atoms with Crippen LogP contribution in [0.3, 0.4) is 0 Å². The molecule has 2 heterocycles. The van der Waals surface area contributed by atoms with Gasteiger partial charge in [0, 0.05) is 39.8 Å². The second kappa shape index (κ2) is 8.73. The zero-order valence-electron chi connectivity index (χ0n) is 15.8. The Morgan fingerprint density at radius 3 is 2.59 bits per heavy atom. The lowest BCUT2D eigenvalue weighted by Gasteiger charge is -2.34. The molecule has 7 heteroatoms. The van der Waals surface area contributed by atoms with Gasteiger partial charge >= 0.3 is 0 Å². The van der Waals surface area contributed by atoms with E-state index in [1.165, 1.54) is 6.26 Å². The predicted octanol–water partition coefficient (Wildman–Crippen LogP) is 1.70. The van der Waals surface area contributed by atoms with Crippen molar-refractivity contribution in [2.24, 2.45) is 0 Å². The number of rotatable bonds is 6. The molecule has 0 aliphatic carbocycles. The number of hydrogen-bond acceptors (Lipinski definition) is 5. The maximum atomic E-state index is 12.5. The van der Waals surface area contributed by atoms with Gasteiger partial charge in [-0.15, -0.1) is 0 Å². The van der Waals surface area contributed by atoms with E-state index in [4.69, 9.17) is 9.15 Å². The summed E-state index contributed by atoms with van der Waals surface area (Å²) >= 11 is 0. The van der Waals surface area contributed by atoms with Gasteiger partial charge in [-0.3, -0.25) is 14.5 Å². The fraction of sp³-hybridized carbons (Fsp3) is 0.400. The monoisotopic (exact) mass is 371 g/mol. The second-order valence-electron chi connectivity index (χ2n) is 6.65. The van der Waals surface area contributed by atoms with Crippen LogP contribution >= 0.6 is 0 Å². The summed E-state index contributed by atoms with van der Waals surface area (Å²) < 4.78 is 10.4. The van der Waals surface area contributed by atoms with E-state index in [9.17, 15) is 9.59 Å². The van der Waals surface area contributed by atoms with Gasteiger partial charge in [0.1, 0.15) is 5.75 Å². The molecular formula is C20H25N3O4. The molecule has 3 rings (SSSR count). The minimum absolute atomic E-state index is 0.0589. The highest BCUT2D eigenvalue weighted by Gasteiger charge is 2.25. The number of carbonyl (C=O) groups excluding carboxylic acids is 2. The van der Waals surface area contributed by atoms with E-state index in [1.807, 2.05) is 24.3 Å². The normalized spacial score (nSPS) is 14.8. The molecule has 0 N–H and O–H groups in total. The molecule has 1 aromatic carbocycles. The molecule has 1 fully saturated rings. The molecule has 0 unspecified atom stereocenters. The first-order chi connectivity index (χ1) is 13.1. The van der Waals surface area contributed by atoms with Gasteiger partial charge in [-0.2, -0.15) is 0 Å². The fourth-order valence-electron chi connectivity index (χ4n) is 3.11. The highest BCUT2D eigenvalue weighted by Crippen LogP contribution is 2.14. The maximum Gasteiger partial charge on any atom is 0.289 e. The van der Waals surface area contributed by atoms with Gasteiger partial charge in [0.05, 0.1) is 19.9 Å². The van der Waals surface area contributed by atoms with Crippen LogP contribution in [0.1, 0.15) is 16.1 Å². The van der Waals surface area contributed by atoms with E-state index in [-0.39, 0.29) is 11.8 Å². The van der Waals surface area contributed by atoms with Crippen molar-refractivity contribution in [3.05, 3.63) is 54.0 Å². The number of carbonyl (C=O) groups is 2. The third-order valence-electron chi connectivity index (χ3n) is 4.73. The number of furan rings is 1. The van der Waals surface area contributed by atoms with E-state index in [1.54, 1.807) is 36.1 Å². The van der Waals surface area contributed by atoms with Crippen molar-refractivity contribution in [2.45, 2.75) is 6.54 Å². The van der Waals surface area contributed by atoms with Gasteiger partial charge < -0.3 is 19.0 Å². The Bertz CT molecular complexity index is 767. The van der Waals surface area contributed by atoms with Crippen LogP contribution in [0.2, 0.25) is 0 Å². The lowest BCUT2D eigenvalue weighted by Crippen LogP contribution is -2.51. The molecule has 0 bridgehead atoms. The molecule has 1 aromatic heterocycles. The standard InChI is InChI=1S/C20H25N3O4/c1-21(14-16-5-3-6-17(13-16)26-2)19(24)15-22-8-10-23(11-9-22)20(25)18-7-4-12-27-18/h3-7,12-13H,8-11,14-15H2,1-2H3. The van der Waals surface area contributed by atoms with Gasteiger partial charge in [0.25, 0.3) is 5.91 Å². The molecule has 2 aromatic rings. The van der Waals surface area contributed by atoms with Crippen LogP contribution in [0, 0.1) is 0 Å². The van der Waals surface area contributed by atoms with E-state index in [2.05, 4.69) is 4.90 Å². The molecule has 144 valence electrons. The van der Waals surface area contributed by atoms with Crippen LogP contribution in [0.25, 0.3) is 0 Å². The SMILES string of the molecule is COc1cccc(CN(C)C(=O)CN2CCN(C(=O)c3ccco3)CC2)c1. The Morgan fingerprint density at radius 2 is 1.93 bits per heavy atom. The first-order valence-corrected chi connectivity index (χ1v) is 8.99. The van der Waals surface area contributed by atoms with Crippen molar-refractivity contribution in [1.29, 1.82) is 0 Å². The summed E-state index contributed by atoms with van der Waals surface area (Å²) in [5, 5.41) is 0. The highest BCUT2D eigenvalue weighted by atomic mass is 16.5. The Labute approximate surface area is 159 Å². The molecule has 1 aliphatic rings. The summed E-state index contributed by atoms with van der Waals surface area (Å²) in [4.78, 5) is 30.4. The van der Waals surface area contributed by atoms with Crippen molar-refractivity contribution in [3.63, 3.8) is 0 Å². The van der Waals surface area contributed by atoms with E-state index in [0.29, 0.717) is 45.0 Å². The Balaban J connectivity index is 1.46. The Morgan fingerprint density at radius 1 is 1.15 bits per heavy atom. The molecule has 1 saturated heterocycles. The zero-order chi connectivity index (χ0) is 19.2. The van der Waals surface area contributed by atoms with Crippen molar-refractivity contribution in [3.8, 4) is 5.75 Å². The quantitative estimate of drug-likeness (QED) is 0.773. The molecule has 0 radical (unpaired) electrons. The van der Waals surface area contributed by atoms with Crippen LogP contribution in [0.15, 0.2) is 47.1 Å². The smallest absolute Gasteiger partial charge is 0.289 e. The summed E-state index contributed by atoms with van der Waals surface area (Å²) in [6.07, 6.45) is 1.50. The summed E-state index contributed by atoms with van der Waals surface area (Å²) in [6.45, 7) is 3.41. The number of piperazine rings is 1. The van der Waals surface area contributed by atoms with Gasteiger partial charge in [0.2, 0.25) is 5.91 Å². The molecule has 0 spiro atoms. The summed E-state index contributed by atoms with van der Waals surface area (Å²) in [7, 11) is 3.43. The topological polar surface area (TPSA) is 66.2 Å². The van der Waals surface area contributed by atoms with Gasteiger partial charge in [-0.05, 0) is 29.8 Å². The average Bonchev–Trinajstić information content (AvgIpc) is 3.23. The summed E-state index contributed by atoms with van der Waals surface area (Å²) in [5.41, 5.74) is 1.03. The lowest BCUT2D eigenvalue weighted by atomic mass is 10.2. The molecule has 0 atom stereocenters. The van der Waals surface area contributed by atoms with Crippen molar-refractivity contribution >= 4 is 11.8 Å². The number of benzene rings is 1. The van der Waals surface area contributed by atoms with Crippen molar-refractivity contribution in [1.82, 2.24) is 14.7 Å². The zero-order valence-corrected chi connectivity index (χ0v) is 15.8. The summed E-state index contributed by atoms with van der Waals surface area (Å²) in [6, 6.07) is 11.1.